The van der Waals surface area contributed by atoms with Crippen molar-refractivity contribution in [1.29, 1.82) is 5.26 Å². The Balaban J connectivity index is 1.56. The summed E-state index contributed by atoms with van der Waals surface area (Å²) in [5.74, 6) is 0.844. The second kappa shape index (κ2) is 8.68. The van der Waals surface area contributed by atoms with E-state index >= 15 is 0 Å². The number of anilines is 1. The second-order valence-corrected chi connectivity index (χ2v) is 9.39. The highest BCUT2D eigenvalue weighted by atomic mass is 32.2. The highest BCUT2D eigenvalue weighted by Crippen LogP contribution is 2.34. The van der Waals surface area contributed by atoms with Crippen molar-refractivity contribution in [3.8, 4) is 6.07 Å². The first-order chi connectivity index (χ1) is 13.7. The topological polar surface area (TPSA) is 79.9 Å². The monoisotopic (exact) mass is 416 g/mol. The third-order valence-electron chi connectivity index (χ3n) is 5.28. The Kier molecular flexibility index (Phi) is 6.04. The molecular weight excluding hydrogens is 392 g/mol. The molecule has 1 amide bonds. The fourth-order valence-electron chi connectivity index (χ4n) is 4.01. The van der Waals surface area contributed by atoms with Crippen molar-refractivity contribution in [1.82, 2.24) is 9.55 Å². The van der Waals surface area contributed by atoms with E-state index in [9.17, 15) is 10.1 Å². The van der Waals surface area contributed by atoms with Gasteiger partial charge in [-0.15, -0.1) is 11.3 Å². The van der Waals surface area contributed by atoms with Crippen LogP contribution in [0.3, 0.4) is 0 Å². The Bertz CT molecular complexity index is 906. The number of thioether (sulfide) groups is 1. The summed E-state index contributed by atoms with van der Waals surface area (Å²) in [6, 6.07) is 2.36. The Morgan fingerprint density at radius 2 is 2.32 bits per heavy atom. The molecule has 0 radical (unpaired) electrons. The molecule has 3 heterocycles. The van der Waals surface area contributed by atoms with Crippen LogP contribution in [-0.4, -0.2) is 33.9 Å². The Morgan fingerprint density at radius 1 is 1.46 bits per heavy atom. The number of carbonyl (C=O) groups excluding carboxylic acids is 1. The summed E-state index contributed by atoms with van der Waals surface area (Å²) < 4.78 is 8.87. The smallest absolute Gasteiger partial charge is 0.235 e. The van der Waals surface area contributed by atoms with Crippen LogP contribution in [0.1, 0.15) is 48.2 Å². The standard InChI is InChI=1S/C20H24N4O2S2/c1-13-11-27-20(22-13)28-12-18(25)23-19-16(9-21)15-6-2-3-7-17(15)24(19)10-14-5-4-8-26-14/h11,14H,2-8,10,12H2,1H3,(H,23,25). The number of aryl methyl sites for hydroxylation is 1. The Labute approximate surface area is 173 Å². The highest BCUT2D eigenvalue weighted by Gasteiger charge is 2.28. The number of rotatable bonds is 6. The molecule has 1 atom stereocenters. The van der Waals surface area contributed by atoms with Crippen molar-refractivity contribution in [2.45, 2.75) is 62.4 Å². The van der Waals surface area contributed by atoms with Crippen LogP contribution in [0.4, 0.5) is 5.82 Å². The molecule has 1 N–H and O–H groups in total. The fourth-order valence-corrected chi connectivity index (χ4v) is 5.66. The molecule has 4 rings (SSSR count). The minimum Gasteiger partial charge on any atom is -0.376 e. The van der Waals surface area contributed by atoms with Gasteiger partial charge in [0.05, 0.1) is 24.0 Å². The number of amides is 1. The molecule has 1 saturated heterocycles. The van der Waals surface area contributed by atoms with Gasteiger partial charge in [0.25, 0.3) is 0 Å². The van der Waals surface area contributed by atoms with Gasteiger partial charge in [-0.25, -0.2) is 4.98 Å². The predicted octanol–water partition coefficient (Wildman–Crippen LogP) is 3.91. The largest absolute Gasteiger partial charge is 0.376 e. The van der Waals surface area contributed by atoms with Crippen molar-refractivity contribution >= 4 is 34.8 Å². The van der Waals surface area contributed by atoms with Crippen molar-refractivity contribution in [3.05, 3.63) is 27.9 Å². The van der Waals surface area contributed by atoms with Gasteiger partial charge in [-0.05, 0) is 51.0 Å². The maximum atomic E-state index is 12.7. The molecule has 2 aromatic heterocycles. The van der Waals surface area contributed by atoms with Crippen LogP contribution < -0.4 is 5.32 Å². The summed E-state index contributed by atoms with van der Waals surface area (Å²) in [6.07, 6.45) is 6.35. The Morgan fingerprint density at radius 3 is 3.04 bits per heavy atom. The van der Waals surface area contributed by atoms with Gasteiger partial charge in [0.2, 0.25) is 5.91 Å². The third kappa shape index (κ3) is 4.12. The van der Waals surface area contributed by atoms with E-state index in [1.807, 2.05) is 12.3 Å². The molecule has 6 nitrogen and oxygen atoms in total. The van der Waals surface area contributed by atoms with Crippen LogP contribution in [0.25, 0.3) is 0 Å². The normalized spacial score (nSPS) is 18.6. The van der Waals surface area contributed by atoms with Crippen molar-refractivity contribution in [2.24, 2.45) is 0 Å². The first-order valence-electron chi connectivity index (χ1n) is 9.76. The molecule has 8 heteroatoms. The number of nitrogens with zero attached hydrogens (tertiary/aromatic N) is 3. The van der Waals surface area contributed by atoms with E-state index in [2.05, 4.69) is 20.9 Å². The quantitative estimate of drug-likeness (QED) is 0.722. The lowest BCUT2D eigenvalue weighted by molar-refractivity contribution is -0.113. The van der Waals surface area contributed by atoms with Gasteiger partial charge < -0.3 is 14.6 Å². The molecule has 1 aliphatic carbocycles. The summed E-state index contributed by atoms with van der Waals surface area (Å²) in [7, 11) is 0. The van der Waals surface area contributed by atoms with E-state index in [4.69, 9.17) is 4.74 Å². The lowest BCUT2D eigenvalue weighted by Gasteiger charge is -2.19. The molecule has 2 aliphatic rings. The molecule has 148 valence electrons. The number of hydrogen-bond donors (Lipinski definition) is 1. The highest BCUT2D eigenvalue weighted by molar-refractivity contribution is 8.01. The summed E-state index contributed by atoms with van der Waals surface area (Å²) in [6.45, 7) is 3.45. The average molecular weight is 417 g/mol. The molecule has 1 aliphatic heterocycles. The van der Waals surface area contributed by atoms with E-state index in [1.54, 1.807) is 11.3 Å². The molecule has 0 bridgehead atoms. The first kappa shape index (κ1) is 19.5. The minimum absolute atomic E-state index is 0.0993. The number of ether oxygens (including phenoxy) is 1. The van der Waals surface area contributed by atoms with Gasteiger partial charge in [0.1, 0.15) is 11.9 Å². The number of hydrogen-bond acceptors (Lipinski definition) is 6. The zero-order valence-electron chi connectivity index (χ0n) is 16.0. The zero-order chi connectivity index (χ0) is 19.5. The SMILES string of the molecule is Cc1csc(SCC(=O)Nc2c(C#N)c3c(n2CC2CCCO2)CCCC3)n1. The molecule has 0 spiro atoms. The van der Waals surface area contributed by atoms with E-state index in [-0.39, 0.29) is 17.8 Å². The van der Waals surface area contributed by atoms with Gasteiger partial charge in [0.15, 0.2) is 4.34 Å². The van der Waals surface area contributed by atoms with Gasteiger partial charge in [-0.1, -0.05) is 11.8 Å². The number of fused-ring (bicyclic) bond motifs is 1. The van der Waals surface area contributed by atoms with Crippen LogP contribution in [0.2, 0.25) is 0 Å². The summed E-state index contributed by atoms with van der Waals surface area (Å²) in [5, 5.41) is 14.8. The van der Waals surface area contributed by atoms with Crippen molar-refractivity contribution in [3.63, 3.8) is 0 Å². The van der Waals surface area contributed by atoms with E-state index in [0.29, 0.717) is 17.9 Å². The predicted molar refractivity (Wildman–Crippen MR) is 111 cm³/mol. The van der Waals surface area contributed by atoms with Gasteiger partial charge in [0, 0.05) is 23.4 Å². The number of nitriles is 1. The molecule has 0 aromatic carbocycles. The lowest BCUT2D eigenvalue weighted by Crippen LogP contribution is -2.22. The van der Waals surface area contributed by atoms with Gasteiger partial charge >= 0.3 is 0 Å². The lowest BCUT2D eigenvalue weighted by atomic mass is 9.95. The van der Waals surface area contributed by atoms with Crippen molar-refractivity contribution < 1.29 is 9.53 Å². The summed E-state index contributed by atoms with van der Waals surface area (Å²) in [4.78, 5) is 17.0. The number of carbonyl (C=O) groups is 1. The van der Waals surface area contributed by atoms with Crippen LogP contribution >= 0.6 is 23.1 Å². The summed E-state index contributed by atoms with van der Waals surface area (Å²) in [5.41, 5.74) is 3.93. The maximum Gasteiger partial charge on any atom is 0.235 e. The number of aromatic nitrogens is 2. The molecule has 0 saturated carbocycles. The molecule has 1 fully saturated rings. The first-order valence-corrected chi connectivity index (χ1v) is 11.6. The summed E-state index contributed by atoms with van der Waals surface area (Å²) >= 11 is 2.98. The van der Waals surface area contributed by atoms with Gasteiger partial charge in [-0.3, -0.25) is 4.79 Å². The average Bonchev–Trinajstić information content (AvgIpc) is 3.41. The minimum atomic E-state index is -0.0993. The van der Waals surface area contributed by atoms with Crippen LogP contribution in [0.5, 0.6) is 0 Å². The second-order valence-electron chi connectivity index (χ2n) is 7.31. The molecular formula is C20H24N4O2S2. The maximum absolute atomic E-state index is 12.7. The van der Waals surface area contributed by atoms with Gasteiger partial charge in [-0.2, -0.15) is 5.26 Å². The van der Waals surface area contributed by atoms with E-state index < -0.39 is 0 Å². The Hall–Kier alpha value is -1.82. The van der Waals surface area contributed by atoms with E-state index in [1.165, 1.54) is 17.5 Å². The van der Waals surface area contributed by atoms with Crippen LogP contribution in [0.15, 0.2) is 9.72 Å². The number of nitrogens with one attached hydrogen (secondary N) is 1. The van der Waals surface area contributed by atoms with Crippen molar-refractivity contribution in [2.75, 3.05) is 17.7 Å². The van der Waals surface area contributed by atoms with Crippen LogP contribution in [0, 0.1) is 18.3 Å². The molecule has 1 unspecified atom stereocenters. The fraction of sp³-hybridized carbons (Fsp3) is 0.550. The molecule has 28 heavy (non-hydrogen) atoms. The number of thiazole rings is 1. The zero-order valence-corrected chi connectivity index (χ0v) is 17.6. The third-order valence-corrected chi connectivity index (χ3v) is 7.42. The van der Waals surface area contributed by atoms with Crippen LogP contribution in [-0.2, 0) is 28.9 Å². The molecule has 2 aromatic rings. The van der Waals surface area contributed by atoms with E-state index in [0.717, 1.165) is 60.7 Å².